The summed E-state index contributed by atoms with van der Waals surface area (Å²) in [5.41, 5.74) is 4.90. The zero-order chi connectivity index (χ0) is 22.5. The molecule has 0 spiro atoms. The zero-order valence-electron chi connectivity index (χ0n) is 19.8. The fraction of sp³-hybridized carbons (Fsp3) is 0.462. The quantitative estimate of drug-likeness (QED) is 0.323. The van der Waals surface area contributed by atoms with Crippen LogP contribution >= 0.6 is 15.9 Å². The number of nitrogens with one attached hydrogen (secondary N) is 1. The van der Waals surface area contributed by atoms with Crippen LogP contribution in [-0.4, -0.2) is 6.04 Å². The Morgan fingerprint density at radius 2 is 1.54 bits per heavy atom. The highest BCUT2D eigenvalue weighted by Crippen LogP contribution is 2.18. The number of hydrogen-bond donors (Lipinski definition) is 1. The van der Waals surface area contributed by atoms with Crippen molar-refractivity contribution in [2.45, 2.75) is 81.2 Å². The molecule has 0 fully saturated rings. The summed E-state index contributed by atoms with van der Waals surface area (Å²) in [6, 6.07) is 11.0. The summed E-state index contributed by atoms with van der Waals surface area (Å²) in [5, 5.41) is 3.46. The Balaban J connectivity index is -0.000000789. The van der Waals surface area contributed by atoms with E-state index in [1.165, 1.54) is 16.7 Å². The van der Waals surface area contributed by atoms with Crippen LogP contribution in [-0.2, 0) is 6.42 Å². The van der Waals surface area contributed by atoms with Gasteiger partial charge in [-0.1, -0.05) is 81.8 Å². The van der Waals surface area contributed by atoms with E-state index in [-0.39, 0.29) is 0 Å². The van der Waals surface area contributed by atoms with Crippen molar-refractivity contribution >= 4 is 15.9 Å². The Morgan fingerprint density at radius 3 is 1.96 bits per heavy atom. The van der Waals surface area contributed by atoms with E-state index in [9.17, 15) is 0 Å². The highest BCUT2D eigenvalue weighted by Gasteiger charge is 2.06. The van der Waals surface area contributed by atoms with E-state index in [1.54, 1.807) is 6.08 Å². The molecule has 1 aromatic rings. The Hall–Kier alpha value is -1.54. The molecular formula is C26H44BrN. The molecule has 160 valence electrons. The summed E-state index contributed by atoms with van der Waals surface area (Å²) in [6.45, 7) is 25.9. The van der Waals surface area contributed by atoms with Crippen molar-refractivity contribution in [3.63, 3.8) is 0 Å². The van der Waals surface area contributed by atoms with Gasteiger partial charge in [0.25, 0.3) is 0 Å². The van der Waals surface area contributed by atoms with E-state index in [0.717, 1.165) is 23.0 Å². The van der Waals surface area contributed by atoms with Crippen LogP contribution in [0.1, 0.15) is 74.3 Å². The Bertz CT molecular complexity index is 563. The Labute approximate surface area is 184 Å². The summed E-state index contributed by atoms with van der Waals surface area (Å²) >= 11 is 3.60. The lowest BCUT2D eigenvalue weighted by molar-refractivity contribution is 0.575. The zero-order valence-corrected chi connectivity index (χ0v) is 21.4. The van der Waals surface area contributed by atoms with E-state index >= 15 is 0 Å². The molecule has 0 radical (unpaired) electrons. The molecule has 0 saturated heterocycles. The summed E-state index contributed by atoms with van der Waals surface area (Å²) < 4.78 is 1.02. The minimum atomic E-state index is 0.394. The van der Waals surface area contributed by atoms with Crippen molar-refractivity contribution in [1.29, 1.82) is 0 Å². The van der Waals surface area contributed by atoms with E-state index < -0.39 is 0 Å². The van der Waals surface area contributed by atoms with E-state index in [0.29, 0.717) is 6.04 Å². The van der Waals surface area contributed by atoms with Crippen molar-refractivity contribution in [3.05, 3.63) is 82.5 Å². The minimum Gasteiger partial charge on any atom is -0.382 e. The predicted octanol–water partition coefficient (Wildman–Crippen LogP) is 8.99. The summed E-state index contributed by atoms with van der Waals surface area (Å²) in [4.78, 5) is 0. The molecule has 0 aliphatic rings. The second kappa shape index (κ2) is 21.8. The van der Waals surface area contributed by atoms with Crippen molar-refractivity contribution in [1.82, 2.24) is 5.32 Å². The van der Waals surface area contributed by atoms with Gasteiger partial charge in [0.15, 0.2) is 0 Å². The van der Waals surface area contributed by atoms with Crippen LogP contribution in [0.4, 0.5) is 0 Å². The molecule has 0 saturated carbocycles. The average molecular weight is 451 g/mol. The lowest BCUT2D eigenvalue weighted by atomic mass is 10.1. The smallest absolute Gasteiger partial charge is 0.0413 e. The summed E-state index contributed by atoms with van der Waals surface area (Å²) in [7, 11) is 0. The van der Waals surface area contributed by atoms with Gasteiger partial charge in [-0.25, -0.2) is 0 Å². The van der Waals surface area contributed by atoms with Gasteiger partial charge in [0, 0.05) is 16.2 Å². The standard InChI is InChI=1S/C19H26BrN.C3H6.2C2H6/c1-14(2)15(3)13-19(20)17(5)21-16(4)11-12-18-9-7-6-8-10-18;1-3-2;2*1-2/h6-10,13,16,21H,5,11-12H2,1-4H3;3H,1H2,2H3;2*1-2H3/b19-13+;;;. The van der Waals surface area contributed by atoms with Crippen LogP contribution in [0.15, 0.2) is 77.0 Å². The Kier molecular flexibility index (Phi) is 24.2. The van der Waals surface area contributed by atoms with Crippen LogP contribution < -0.4 is 5.32 Å². The van der Waals surface area contributed by atoms with Gasteiger partial charge in [0.1, 0.15) is 0 Å². The monoisotopic (exact) mass is 449 g/mol. The molecule has 1 rings (SSSR count). The lowest BCUT2D eigenvalue weighted by Gasteiger charge is -2.17. The molecule has 28 heavy (non-hydrogen) atoms. The first-order valence-corrected chi connectivity index (χ1v) is 11.2. The fourth-order valence-electron chi connectivity index (χ4n) is 1.89. The van der Waals surface area contributed by atoms with Gasteiger partial charge in [0.2, 0.25) is 0 Å². The van der Waals surface area contributed by atoms with Crippen LogP contribution in [0.25, 0.3) is 0 Å². The van der Waals surface area contributed by atoms with E-state index in [2.05, 4.69) is 98.5 Å². The average Bonchev–Trinajstić information content (AvgIpc) is 2.70. The molecule has 0 aromatic heterocycles. The van der Waals surface area contributed by atoms with Crippen molar-refractivity contribution in [2.24, 2.45) is 0 Å². The third kappa shape index (κ3) is 17.9. The van der Waals surface area contributed by atoms with Gasteiger partial charge in [-0.3, -0.25) is 0 Å². The third-order valence-electron chi connectivity index (χ3n) is 3.55. The molecular weight excluding hydrogens is 406 g/mol. The van der Waals surface area contributed by atoms with Crippen molar-refractivity contribution in [2.75, 3.05) is 0 Å². The van der Waals surface area contributed by atoms with Gasteiger partial charge >= 0.3 is 0 Å². The predicted molar refractivity (Wildman–Crippen MR) is 136 cm³/mol. The second-order valence-electron chi connectivity index (χ2n) is 6.13. The number of halogens is 1. The fourth-order valence-corrected chi connectivity index (χ4v) is 2.35. The number of allylic oxidation sites excluding steroid dienone is 5. The molecule has 0 amide bonds. The van der Waals surface area contributed by atoms with Crippen LogP contribution in [0.2, 0.25) is 0 Å². The molecule has 1 N–H and O–H groups in total. The number of hydrogen-bond acceptors (Lipinski definition) is 1. The highest BCUT2D eigenvalue weighted by atomic mass is 79.9. The van der Waals surface area contributed by atoms with Gasteiger partial charge in [-0.15, -0.1) is 6.58 Å². The number of rotatable bonds is 7. The van der Waals surface area contributed by atoms with Crippen LogP contribution in [0, 0.1) is 0 Å². The maximum Gasteiger partial charge on any atom is 0.0413 e. The van der Waals surface area contributed by atoms with Gasteiger partial charge in [-0.05, 0) is 75.0 Å². The number of benzene rings is 1. The molecule has 1 atom stereocenters. The molecule has 2 heteroatoms. The Morgan fingerprint density at radius 1 is 1.07 bits per heavy atom. The first kappa shape index (κ1) is 31.2. The van der Waals surface area contributed by atoms with Gasteiger partial charge < -0.3 is 5.32 Å². The highest BCUT2D eigenvalue weighted by molar-refractivity contribution is 9.12. The second-order valence-corrected chi connectivity index (χ2v) is 6.99. The van der Waals surface area contributed by atoms with Crippen LogP contribution in [0.5, 0.6) is 0 Å². The van der Waals surface area contributed by atoms with Crippen LogP contribution in [0.3, 0.4) is 0 Å². The lowest BCUT2D eigenvalue weighted by Crippen LogP contribution is -2.25. The SMILES string of the molecule is C=C(NC(C)CCc1ccccc1)/C(Br)=C\C(C)=C(C)C.C=CC.CC.CC. The van der Waals surface area contributed by atoms with Crippen molar-refractivity contribution < 1.29 is 0 Å². The first-order chi connectivity index (χ1) is 13.3. The topological polar surface area (TPSA) is 12.0 Å². The molecule has 0 bridgehead atoms. The van der Waals surface area contributed by atoms with E-state index in [1.807, 2.05) is 34.6 Å². The minimum absolute atomic E-state index is 0.394. The largest absolute Gasteiger partial charge is 0.382 e. The van der Waals surface area contributed by atoms with Gasteiger partial charge in [0.05, 0.1) is 0 Å². The molecule has 1 unspecified atom stereocenters. The maximum atomic E-state index is 4.11. The number of aryl methyl sites for hydroxylation is 1. The first-order valence-electron chi connectivity index (χ1n) is 10.4. The molecule has 1 aromatic carbocycles. The third-order valence-corrected chi connectivity index (χ3v) is 4.26. The van der Waals surface area contributed by atoms with Crippen molar-refractivity contribution in [3.8, 4) is 0 Å². The molecule has 0 aliphatic heterocycles. The molecule has 1 nitrogen and oxygen atoms in total. The summed E-state index contributed by atoms with van der Waals surface area (Å²) in [6.07, 6.45) is 6.04. The molecule has 0 heterocycles. The van der Waals surface area contributed by atoms with Gasteiger partial charge in [-0.2, -0.15) is 0 Å². The summed E-state index contributed by atoms with van der Waals surface area (Å²) in [5.74, 6) is 0. The van der Waals surface area contributed by atoms with E-state index in [4.69, 9.17) is 0 Å². The maximum absolute atomic E-state index is 4.11. The molecule has 0 aliphatic carbocycles. The normalized spacial score (nSPS) is 10.4.